The number of rotatable bonds is 8. The summed E-state index contributed by atoms with van der Waals surface area (Å²) < 4.78 is 22.2. The summed E-state index contributed by atoms with van der Waals surface area (Å²) in [6, 6.07) is 0.553. The standard InChI is InChI=1S/C12H27NO2S/c1-6-11(7-2)13-10-12(3,4)8-9-16(5,14)15/h11,13H,6-10H2,1-5H3. The van der Waals surface area contributed by atoms with Gasteiger partial charge in [-0.15, -0.1) is 0 Å². The van der Waals surface area contributed by atoms with Gasteiger partial charge in [-0.25, -0.2) is 8.42 Å². The Labute approximate surface area is 101 Å². The molecule has 0 aliphatic carbocycles. The minimum absolute atomic E-state index is 0.0473. The average Bonchev–Trinajstić information content (AvgIpc) is 2.16. The highest BCUT2D eigenvalue weighted by Gasteiger charge is 2.20. The summed E-state index contributed by atoms with van der Waals surface area (Å²) in [4.78, 5) is 0. The van der Waals surface area contributed by atoms with Gasteiger partial charge in [0.1, 0.15) is 9.84 Å². The maximum atomic E-state index is 11.1. The third kappa shape index (κ3) is 8.11. The number of sulfone groups is 1. The molecule has 0 aromatic heterocycles. The van der Waals surface area contributed by atoms with E-state index in [0.29, 0.717) is 6.04 Å². The summed E-state index contributed by atoms with van der Waals surface area (Å²) in [5, 5.41) is 3.50. The molecule has 1 N–H and O–H groups in total. The van der Waals surface area contributed by atoms with Crippen molar-refractivity contribution >= 4 is 9.84 Å². The second-order valence-electron chi connectivity index (χ2n) is 5.44. The molecule has 0 atom stereocenters. The first kappa shape index (κ1) is 15.9. The molecule has 0 radical (unpaired) electrons. The zero-order valence-corrected chi connectivity index (χ0v) is 12.2. The molecule has 3 nitrogen and oxygen atoms in total. The van der Waals surface area contributed by atoms with Crippen LogP contribution in [-0.2, 0) is 9.84 Å². The van der Waals surface area contributed by atoms with Crippen LogP contribution in [0.1, 0.15) is 47.0 Å². The molecule has 4 heteroatoms. The van der Waals surface area contributed by atoms with Crippen molar-refractivity contribution in [2.75, 3.05) is 18.6 Å². The Morgan fingerprint density at radius 2 is 1.69 bits per heavy atom. The van der Waals surface area contributed by atoms with E-state index in [0.717, 1.165) is 25.8 Å². The van der Waals surface area contributed by atoms with Gasteiger partial charge in [0, 0.05) is 18.8 Å². The van der Waals surface area contributed by atoms with Crippen molar-refractivity contribution < 1.29 is 8.42 Å². The molecular formula is C12H27NO2S. The fourth-order valence-corrected chi connectivity index (χ4v) is 2.47. The van der Waals surface area contributed by atoms with Crippen LogP contribution in [0.4, 0.5) is 0 Å². The van der Waals surface area contributed by atoms with Crippen LogP contribution in [0, 0.1) is 5.41 Å². The molecule has 0 heterocycles. The smallest absolute Gasteiger partial charge is 0.147 e. The monoisotopic (exact) mass is 249 g/mol. The first-order valence-corrected chi connectivity index (χ1v) is 8.17. The van der Waals surface area contributed by atoms with E-state index in [2.05, 4.69) is 33.0 Å². The molecule has 0 rings (SSSR count). The molecule has 0 bridgehead atoms. The Hall–Kier alpha value is -0.0900. The summed E-state index contributed by atoms with van der Waals surface area (Å²) in [6.07, 6.45) is 4.27. The molecule has 0 aliphatic heterocycles. The highest BCUT2D eigenvalue weighted by Crippen LogP contribution is 2.20. The van der Waals surface area contributed by atoms with Crippen LogP contribution < -0.4 is 5.32 Å². The van der Waals surface area contributed by atoms with E-state index in [1.807, 2.05) is 0 Å². The van der Waals surface area contributed by atoms with E-state index in [-0.39, 0.29) is 11.2 Å². The summed E-state index contributed by atoms with van der Waals surface area (Å²) in [5.41, 5.74) is 0.0473. The summed E-state index contributed by atoms with van der Waals surface area (Å²) in [5.74, 6) is 0.282. The molecular weight excluding hydrogens is 222 g/mol. The molecule has 0 saturated heterocycles. The van der Waals surface area contributed by atoms with Crippen LogP contribution in [0.5, 0.6) is 0 Å². The Kier molecular flexibility index (Phi) is 6.56. The minimum atomic E-state index is -2.83. The molecule has 98 valence electrons. The molecule has 0 fully saturated rings. The van der Waals surface area contributed by atoms with E-state index in [4.69, 9.17) is 0 Å². The first-order chi connectivity index (χ1) is 7.20. The van der Waals surface area contributed by atoms with Gasteiger partial charge in [-0.3, -0.25) is 0 Å². The zero-order chi connectivity index (χ0) is 12.8. The SMILES string of the molecule is CCC(CC)NCC(C)(C)CCS(C)(=O)=O. The summed E-state index contributed by atoms with van der Waals surface area (Å²) in [6.45, 7) is 9.46. The fraction of sp³-hybridized carbons (Fsp3) is 1.00. The van der Waals surface area contributed by atoms with Gasteiger partial charge < -0.3 is 5.32 Å². The van der Waals surface area contributed by atoms with E-state index in [1.165, 1.54) is 6.26 Å². The molecule has 0 saturated carbocycles. The second-order valence-corrected chi connectivity index (χ2v) is 7.70. The normalized spacial score (nSPS) is 13.4. The molecule has 16 heavy (non-hydrogen) atoms. The highest BCUT2D eigenvalue weighted by atomic mass is 32.2. The molecule has 0 aromatic carbocycles. The lowest BCUT2D eigenvalue weighted by Gasteiger charge is -2.27. The van der Waals surface area contributed by atoms with Crippen molar-refractivity contribution in [3.8, 4) is 0 Å². The zero-order valence-electron chi connectivity index (χ0n) is 11.3. The first-order valence-electron chi connectivity index (χ1n) is 6.11. The largest absolute Gasteiger partial charge is 0.313 e. The molecule has 0 amide bonds. The van der Waals surface area contributed by atoms with Crippen molar-refractivity contribution in [2.45, 2.75) is 53.0 Å². The number of nitrogens with one attached hydrogen (secondary N) is 1. The van der Waals surface area contributed by atoms with Crippen molar-refractivity contribution in [1.29, 1.82) is 0 Å². The van der Waals surface area contributed by atoms with E-state index in [1.54, 1.807) is 0 Å². The Balaban J connectivity index is 4.04. The van der Waals surface area contributed by atoms with Crippen LogP contribution in [-0.4, -0.2) is 33.0 Å². The number of hydrogen-bond acceptors (Lipinski definition) is 3. The molecule has 0 aliphatic rings. The molecule has 0 unspecified atom stereocenters. The highest BCUT2D eigenvalue weighted by molar-refractivity contribution is 7.90. The maximum Gasteiger partial charge on any atom is 0.147 e. The lowest BCUT2D eigenvalue weighted by atomic mass is 9.90. The minimum Gasteiger partial charge on any atom is -0.313 e. The Morgan fingerprint density at radius 1 is 1.19 bits per heavy atom. The van der Waals surface area contributed by atoms with Gasteiger partial charge >= 0.3 is 0 Å². The molecule has 0 spiro atoms. The van der Waals surface area contributed by atoms with Gasteiger partial charge in [-0.2, -0.15) is 0 Å². The Morgan fingerprint density at radius 3 is 2.06 bits per heavy atom. The van der Waals surface area contributed by atoms with E-state index >= 15 is 0 Å². The van der Waals surface area contributed by atoms with Gasteiger partial charge in [-0.05, 0) is 24.7 Å². The Bertz CT molecular complexity index is 279. The predicted octanol–water partition coefficient (Wildman–Crippen LogP) is 2.23. The van der Waals surface area contributed by atoms with Gasteiger partial charge in [0.2, 0.25) is 0 Å². The van der Waals surface area contributed by atoms with E-state index in [9.17, 15) is 8.42 Å². The lowest BCUT2D eigenvalue weighted by molar-refractivity contribution is 0.303. The van der Waals surface area contributed by atoms with Gasteiger partial charge in [0.25, 0.3) is 0 Å². The quantitative estimate of drug-likeness (QED) is 0.717. The molecule has 0 aromatic rings. The van der Waals surface area contributed by atoms with Gasteiger partial charge in [-0.1, -0.05) is 27.7 Å². The predicted molar refractivity (Wildman–Crippen MR) is 70.5 cm³/mol. The maximum absolute atomic E-state index is 11.1. The van der Waals surface area contributed by atoms with Crippen molar-refractivity contribution in [2.24, 2.45) is 5.41 Å². The van der Waals surface area contributed by atoms with Crippen LogP contribution >= 0.6 is 0 Å². The lowest BCUT2D eigenvalue weighted by Crippen LogP contribution is -2.37. The van der Waals surface area contributed by atoms with Crippen molar-refractivity contribution in [1.82, 2.24) is 5.32 Å². The van der Waals surface area contributed by atoms with E-state index < -0.39 is 9.84 Å². The van der Waals surface area contributed by atoms with Gasteiger partial charge in [0.15, 0.2) is 0 Å². The third-order valence-corrected chi connectivity index (χ3v) is 3.95. The third-order valence-electron chi connectivity index (χ3n) is 3.00. The van der Waals surface area contributed by atoms with Crippen molar-refractivity contribution in [3.63, 3.8) is 0 Å². The summed E-state index contributed by atoms with van der Waals surface area (Å²) in [7, 11) is -2.83. The van der Waals surface area contributed by atoms with Crippen LogP contribution in [0.3, 0.4) is 0 Å². The average molecular weight is 249 g/mol. The second kappa shape index (κ2) is 6.60. The van der Waals surface area contributed by atoms with Crippen LogP contribution in [0.15, 0.2) is 0 Å². The van der Waals surface area contributed by atoms with Crippen LogP contribution in [0.2, 0.25) is 0 Å². The van der Waals surface area contributed by atoms with Gasteiger partial charge in [0.05, 0.1) is 5.75 Å². The topological polar surface area (TPSA) is 46.2 Å². The summed E-state index contributed by atoms with van der Waals surface area (Å²) >= 11 is 0. The fourth-order valence-electron chi connectivity index (χ4n) is 1.55. The number of hydrogen-bond donors (Lipinski definition) is 1. The van der Waals surface area contributed by atoms with Crippen LogP contribution in [0.25, 0.3) is 0 Å². The van der Waals surface area contributed by atoms with Crippen molar-refractivity contribution in [3.05, 3.63) is 0 Å².